The molecule has 10 nitrogen and oxygen atoms in total. The second kappa shape index (κ2) is 16.1. The fourth-order valence-corrected chi connectivity index (χ4v) is 12.4. The molecule has 0 radical (unpaired) electrons. The van der Waals surface area contributed by atoms with Gasteiger partial charge < -0.3 is 28.4 Å². The monoisotopic (exact) mass is 822 g/mol. The van der Waals surface area contributed by atoms with Gasteiger partial charge in [-0.25, -0.2) is 19.6 Å². The van der Waals surface area contributed by atoms with Crippen molar-refractivity contribution < 1.29 is 48.0 Å². The molecule has 10 aliphatic rings. The number of fused-ring (bicyclic) bond motifs is 4. The minimum atomic E-state index is -0.788. The Morgan fingerprint density at radius 2 is 0.950 bits per heavy atom. The first kappa shape index (κ1) is 41.2. The maximum Gasteiger partial charge on any atom is 0.201 e. The van der Waals surface area contributed by atoms with Gasteiger partial charge in [-0.2, -0.15) is 0 Å². The highest BCUT2D eigenvalue weighted by Crippen LogP contribution is 2.62. The molecule has 8 heterocycles. The maximum atomic E-state index is 6.55. The van der Waals surface area contributed by atoms with Crippen molar-refractivity contribution in [3.63, 3.8) is 0 Å². The molecule has 12 rings (SSSR count). The summed E-state index contributed by atoms with van der Waals surface area (Å²) in [5.41, 5.74) is 3.06. The first-order chi connectivity index (χ1) is 29.0. The van der Waals surface area contributed by atoms with E-state index in [1.807, 2.05) is 13.8 Å². The summed E-state index contributed by atoms with van der Waals surface area (Å²) < 4.78 is 38.7. The van der Waals surface area contributed by atoms with Crippen molar-refractivity contribution in [1.29, 1.82) is 0 Å². The van der Waals surface area contributed by atoms with Gasteiger partial charge in [0.2, 0.25) is 11.6 Å². The third-order valence-electron chi connectivity index (χ3n) is 15.8. The fourth-order valence-electron chi connectivity index (χ4n) is 12.4. The average molecular weight is 823 g/mol. The molecule has 0 N–H and O–H groups in total. The van der Waals surface area contributed by atoms with Gasteiger partial charge in [0.1, 0.15) is 0 Å². The van der Waals surface area contributed by atoms with Crippen molar-refractivity contribution in [3.8, 4) is 34.8 Å². The molecular weight excluding hydrogens is 761 g/mol. The van der Waals surface area contributed by atoms with Crippen LogP contribution in [-0.4, -0.2) is 61.2 Å². The predicted molar refractivity (Wildman–Crippen MR) is 220 cm³/mol. The Morgan fingerprint density at radius 1 is 0.533 bits per heavy atom. The largest absolute Gasteiger partial charge is 0.351 e. The Balaban J connectivity index is 0.688. The molecule has 2 saturated carbocycles. The summed E-state index contributed by atoms with van der Waals surface area (Å²) in [6.07, 6.45) is 7.56. The molecule has 2 aromatic rings. The maximum absolute atomic E-state index is 6.55. The van der Waals surface area contributed by atoms with Crippen molar-refractivity contribution in [1.82, 2.24) is 0 Å². The standard InChI is InChI=1S/C50H62O10/c1-31-13-23-41-33(3)43(53-45-49(41)39(31)25-27-47(5,55-45)57-59-49)51-29-9-7-11-35-15-19-37(20-16-35)38-21-17-36(18-22-38)12-8-10-30-52-44-34(4)42-24-14-32(2)40-26-28-48(6)56-46(54-44)50(40,42)60-58-48/h15-22,31-34,39-46H,9-10,13-14,23-30H2,1-6H3/t31-,32-,33-,34-,39+,40+,41+,42+,43?,44?,45-,46-,47-,48-,49-,50-/m1/s1. The quantitative estimate of drug-likeness (QED) is 0.153. The van der Waals surface area contributed by atoms with E-state index in [0.717, 1.165) is 60.8 Å². The highest BCUT2D eigenvalue weighted by atomic mass is 17.3. The molecule has 0 aromatic heterocycles. The third kappa shape index (κ3) is 7.08. The topological polar surface area (TPSA) is 92.3 Å². The van der Waals surface area contributed by atoms with E-state index in [2.05, 4.69) is 99.9 Å². The summed E-state index contributed by atoms with van der Waals surface area (Å²) in [5.74, 6) is 14.2. The number of ether oxygens (including phenoxy) is 6. The molecular formula is C50H62O10. The summed E-state index contributed by atoms with van der Waals surface area (Å²) in [6, 6.07) is 16.8. The lowest BCUT2D eigenvalue weighted by atomic mass is 9.58. The molecule has 4 bridgehead atoms. The van der Waals surface area contributed by atoms with Gasteiger partial charge in [0.25, 0.3) is 0 Å². The van der Waals surface area contributed by atoms with Crippen LogP contribution in [0.15, 0.2) is 48.5 Å². The number of hydrogen-bond donors (Lipinski definition) is 0. The van der Waals surface area contributed by atoms with Crippen LogP contribution in [-0.2, 0) is 48.0 Å². The van der Waals surface area contributed by atoms with Gasteiger partial charge in [-0.05, 0) is 111 Å². The lowest BCUT2D eigenvalue weighted by Gasteiger charge is -2.60. The molecule has 10 heteroatoms. The normalized spacial score (nSPS) is 44.8. The Kier molecular flexibility index (Phi) is 11.0. The summed E-state index contributed by atoms with van der Waals surface area (Å²) >= 11 is 0. The highest BCUT2D eigenvalue weighted by Gasteiger charge is 2.71. The van der Waals surface area contributed by atoms with E-state index in [1.54, 1.807) is 0 Å². The molecule has 0 amide bonds. The third-order valence-corrected chi connectivity index (χ3v) is 15.8. The van der Waals surface area contributed by atoms with E-state index in [0.29, 0.717) is 49.7 Å². The minimum Gasteiger partial charge on any atom is -0.351 e. The second-order valence-electron chi connectivity index (χ2n) is 19.5. The van der Waals surface area contributed by atoms with Crippen LogP contribution in [0.4, 0.5) is 0 Å². The summed E-state index contributed by atoms with van der Waals surface area (Å²) in [4.78, 5) is 24.4. The summed E-state index contributed by atoms with van der Waals surface area (Å²) in [7, 11) is 0. The number of rotatable bonds is 7. The van der Waals surface area contributed by atoms with Gasteiger partial charge >= 0.3 is 0 Å². The number of hydrogen-bond acceptors (Lipinski definition) is 10. The Morgan fingerprint density at radius 3 is 1.37 bits per heavy atom. The van der Waals surface area contributed by atoms with Gasteiger partial charge in [-0.3, -0.25) is 0 Å². The average Bonchev–Trinajstić information content (AvgIpc) is 3.62. The zero-order valence-corrected chi connectivity index (χ0v) is 36.1. The van der Waals surface area contributed by atoms with Crippen LogP contribution in [0.25, 0.3) is 11.1 Å². The zero-order chi connectivity index (χ0) is 41.3. The van der Waals surface area contributed by atoms with Crippen LogP contribution in [0.1, 0.15) is 117 Å². The summed E-state index contributed by atoms with van der Waals surface area (Å²) in [5, 5.41) is 0. The summed E-state index contributed by atoms with van der Waals surface area (Å²) in [6.45, 7) is 14.0. The van der Waals surface area contributed by atoms with E-state index in [1.165, 1.54) is 12.8 Å². The van der Waals surface area contributed by atoms with E-state index < -0.39 is 35.4 Å². The van der Waals surface area contributed by atoms with Crippen molar-refractivity contribution in [2.45, 2.75) is 154 Å². The SMILES string of the molecule is C[C@@H]1CC[C@H]2[C@@H](C)C(OCCC#Cc3ccc(-c4ccc(C#CCCOC5O[C@@H]6O[C@@]7(C)CC[C@H]8[C@H](C)CC[C@@H]([C@H]5C)[C@@]68OO7)cc4)cc3)O[C@@H]3O[C@@]4(C)CC[C@@H]1[C@]32OO4. The molecule has 2 spiro atoms. The molecule has 10 fully saturated rings. The minimum absolute atomic E-state index is 0.152. The van der Waals surface area contributed by atoms with Crippen molar-refractivity contribution in [2.24, 2.45) is 47.3 Å². The lowest BCUT2D eigenvalue weighted by Crippen LogP contribution is -2.70. The molecule has 16 atom stereocenters. The molecule has 322 valence electrons. The predicted octanol–water partition coefficient (Wildman–Crippen LogP) is 9.29. The van der Waals surface area contributed by atoms with E-state index in [4.69, 9.17) is 48.0 Å². The smallest absolute Gasteiger partial charge is 0.201 e. The fraction of sp³-hybridized carbons (Fsp3) is 0.680. The van der Waals surface area contributed by atoms with E-state index in [9.17, 15) is 0 Å². The Labute approximate surface area is 355 Å². The van der Waals surface area contributed by atoms with Crippen LogP contribution >= 0.6 is 0 Å². The van der Waals surface area contributed by atoms with Crippen LogP contribution in [0.2, 0.25) is 0 Å². The van der Waals surface area contributed by atoms with Crippen molar-refractivity contribution >= 4 is 0 Å². The van der Waals surface area contributed by atoms with E-state index >= 15 is 0 Å². The van der Waals surface area contributed by atoms with Gasteiger partial charge in [-0.1, -0.05) is 75.6 Å². The molecule has 8 saturated heterocycles. The number of benzene rings is 2. The molecule has 60 heavy (non-hydrogen) atoms. The van der Waals surface area contributed by atoms with E-state index in [-0.39, 0.29) is 36.3 Å². The van der Waals surface area contributed by atoms with Gasteiger partial charge in [0.05, 0.1) is 13.2 Å². The van der Waals surface area contributed by atoms with Crippen LogP contribution < -0.4 is 0 Å². The molecule has 2 unspecified atom stereocenters. The van der Waals surface area contributed by atoms with Gasteiger partial charge in [-0.15, -0.1) is 0 Å². The lowest BCUT2D eigenvalue weighted by molar-refractivity contribution is -0.577. The zero-order valence-electron chi connectivity index (χ0n) is 36.1. The Bertz CT molecular complexity index is 1860. The first-order valence-electron chi connectivity index (χ1n) is 22.8. The Hall–Kier alpha value is -2.84. The molecule has 2 aliphatic carbocycles. The first-order valence-corrected chi connectivity index (χ1v) is 22.8. The van der Waals surface area contributed by atoms with Gasteiger partial charge in [0.15, 0.2) is 36.4 Å². The van der Waals surface area contributed by atoms with Crippen LogP contribution in [0, 0.1) is 71.0 Å². The second-order valence-corrected chi connectivity index (χ2v) is 19.5. The van der Waals surface area contributed by atoms with Crippen molar-refractivity contribution in [3.05, 3.63) is 59.7 Å². The molecule has 8 aliphatic heterocycles. The van der Waals surface area contributed by atoms with Crippen LogP contribution in [0.5, 0.6) is 0 Å². The molecule has 2 aromatic carbocycles. The van der Waals surface area contributed by atoms with Gasteiger partial charge in [0, 0.05) is 60.5 Å². The van der Waals surface area contributed by atoms with Crippen LogP contribution in [0.3, 0.4) is 0 Å². The highest BCUT2D eigenvalue weighted by molar-refractivity contribution is 5.65. The van der Waals surface area contributed by atoms with Crippen molar-refractivity contribution in [2.75, 3.05) is 13.2 Å².